The molecule has 1 N–H and O–H groups in total. The molecule has 1 saturated carbocycles. The lowest BCUT2D eigenvalue weighted by molar-refractivity contribution is -0.123. The third-order valence-corrected chi connectivity index (χ3v) is 7.03. The molecule has 3 amide bonds. The van der Waals surface area contributed by atoms with Crippen molar-refractivity contribution in [2.24, 2.45) is 23.7 Å². The Kier molecular flexibility index (Phi) is 5.29. The van der Waals surface area contributed by atoms with E-state index in [9.17, 15) is 19.2 Å². The van der Waals surface area contributed by atoms with Crippen molar-refractivity contribution < 1.29 is 23.9 Å². The first kappa shape index (κ1) is 21.4. The summed E-state index contributed by atoms with van der Waals surface area (Å²) in [5, 5.41) is 3.14. The molecule has 0 aromatic heterocycles. The minimum atomic E-state index is -0.683. The highest BCUT2D eigenvalue weighted by Crippen LogP contribution is 2.53. The molecule has 1 saturated heterocycles. The molecule has 7 nitrogen and oxygen atoms in total. The van der Waals surface area contributed by atoms with Gasteiger partial charge in [-0.1, -0.05) is 29.8 Å². The van der Waals surface area contributed by atoms with E-state index < -0.39 is 18.5 Å². The normalized spacial score (nSPS) is 24.8. The van der Waals surface area contributed by atoms with Crippen LogP contribution in [0.5, 0.6) is 0 Å². The quantitative estimate of drug-likeness (QED) is 0.413. The molecule has 0 radical (unpaired) electrons. The monoisotopic (exact) mass is 464 g/mol. The third-order valence-electron chi connectivity index (χ3n) is 6.62. The number of rotatable bonds is 5. The smallest absolute Gasteiger partial charge is 0.338 e. The highest BCUT2D eigenvalue weighted by atomic mass is 35.5. The average molecular weight is 465 g/mol. The number of esters is 1. The molecule has 2 bridgehead atoms. The van der Waals surface area contributed by atoms with E-state index in [1.807, 2.05) is 19.1 Å². The number of amides is 3. The Morgan fingerprint density at radius 2 is 1.67 bits per heavy atom. The fraction of sp³-hybridized carbons (Fsp3) is 0.280. The maximum Gasteiger partial charge on any atom is 0.338 e. The summed E-state index contributed by atoms with van der Waals surface area (Å²) >= 11 is 6.04. The van der Waals surface area contributed by atoms with E-state index >= 15 is 0 Å². The Bertz CT molecular complexity index is 1180. The highest BCUT2D eigenvalue weighted by Gasteiger charge is 2.59. The maximum atomic E-state index is 12.9. The minimum Gasteiger partial charge on any atom is -0.452 e. The molecule has 0 unspecified atom stereocenters. The standard InChI is InChI=1S/C25H21ClN2O5/c1-13-2-7-17(11-19(13)26)27-20(29)12-33-25(32)14-5-8-18(9-6-14)28-23(30)21-15-3-4-16(10-15)22(21)24(28)31/h2-9,11,15-16,21-22H,10,12H2,1H3,(H,27,29)/t15-,16-,21-,22-/m0/s1. The van der Waals surface area contributed by atoms with Crippen molar-refractivity contribution in [2.75, 3.05) is 16.8 Å². The van der Waals surface area contributed by atoms with E-state index in [0.29, 0.717) is 16.4 Å². The van der Waals surface area contributed by atoms with Crippen LogP contribution in [0, 0.1) is 30.6 Å². The Morgan fingerprint density at radius 3 is 2.27 bits per heavy atom. The van der Waals surface area contributed by atoms with Crippen molar-refractivity contribution in [1.82, 2.24) is 0 Å². The van der Waals surface area contributed by atoms with Crippen molar-refractivity contribution in [1.29, 1.82) is 0 Å². The van der Waals surface area contributed by atoms with E-state index in [1.165, 1.54) is 17.0 Å². The lowest BCUT2D eigenvalue weighted by Crippen LogP contribution is -2.32. The van der Waals surface area contributed by atoms with Gasteiger partial charge in [-0.15, -0.1) is 0 Å². The number of carbonyl (C=O) groups is 4. The van der Waals surface area contributed by atoms with Crippen molar-refractivity contribution >= 4 is 46.7 Å². The number of allylic oxidation sites excluding steroid dienone is 2. The highest BCUT2D eigenvalue weighted by molar-refractivity contribution is 6.31. The van der Waals surface area contributed by atoms with Gasteiger partial charge >= 0.3 is 5.97 Å². The molecule has 2 aromatic carbocycles. The second-order valence-electron chi connectivity index (χ2n) is 8.65. The van der Waals surface area contributed by atoms with E-state index in [-0.39, 0.29) is 41.0 Å². The molecular formula is C25H21ClN2O5. The number of carbonyl (C=O) groups excluding carboxylic acids is 4. The predicted molar refractivity (Wildman–Crippen MR) is 122 cm³/mol. The summed E-state index contributed by atoms with van der Waals surface area (Å²) in [6.45, 7) is 1.39. The molecule has 0 spiro atoms. The summed E-state index contributed by atoms with van der Waals surface area (Å²) in [7, 11) is 0. The summed E-state index contributed by atoms with van der Waals surface area (Å²) in [6.07, 6.45) is 4.96. The molecule has 1 heterocycles. The van der Waals surface area contributed by atoms with Gasteiger partial charge in [-0.2, -0.15) is 0 Å². The van der Waals surface area contributed by atoms with Crippen LogP contribution >= 0.6 is 11.6 Å². The second-order valence-corrected chi connectivity index (χ2v) is 9.05. The molecule has 33 heavy (non-hydrogen) atoms. The molecule has 8 heteroatoms. The number of hydrogen-bond donors (Lipinski definition) is 1. The van der Waals surface area contributed by atoms with Gasteiger partial charge in [0, 0.05) is 10.7 Å². The number of ether oxygens (including phenoxy) is 1. The second kappa shape index (κ2) is 8.15. The molecule has 2 aliphatic carbocycles. The van der Waals surface area contributed by atoms with Gasteiger partial charge in [0.05, 0.1) is 23.1 Å². The van der Waals surface area contributed by atoms with Crippen LogP contribution in [0.2, 0.25) is 5.02 Å². The first-order chi connectivity index (χ1) is 15.8. The molecule has 168 valence electrons. The fourth-order valence-corrected chi connectivity index (χ4v) is 5.17. The van der Waals surface area contributed by atoms with Gasteiger partial charge in [0.25, 0.3) is 5.91 Å². The number of anilines is 2. The number of imide groups is 1. The molecule has 4 atom stereocenters. The van der Waals surface area contributed by atoms with Crippen molar-refractivity contribution in [2.45, 2.75) is 13.3 Å². The topological polar surface area (TPSA) is 92.8 Å². The van der Waals surface area contributed by atoms with Gasteiger partial charge in [-0.3, -0.25) is 19.3 Å². The molecule has 1 aliphatic heterocycles. The van der Waals surface area contributed by atoms with E-state index in [2.05, 4.69) is 5.32 Å². The lowest BCUT2D eigenvalue weighted by atomic mass is 9.85. The fourth-order valence-electron chi connectivity index (χ4n) is 4.99. The number of nitrogens with zero attached hydrogens (tertiary/aromatic N) is 1. The first-order valence-corrected chi connectivity index (χ1v) is 11.1. The van der Waals surface area contributed by atoms with Gasteiger partial charge in [0.1, 0.15) is 0 Å². The van der Waals surface area contributed by atoms with Crippen LogP contribution in [0.25, 0.3) is 0 Å². The van der Waals surface area contributed by atoms with Gasteiger partial charge in [-0.25, -0.2) is 4.79 Å². The van der Waals surface area contributed by atoms with Crippen LogP contribution in [0.1, 0.15) is 22.3 Å². The summed E-state index contributed by atoms with van der Waals surface area (Å²) in [4.78, 5) is 51.5. The molecular weight excluding hydrogens is 444 g/mol. The van der Waals surface area contributed by atoms with E-state index in [1.54, 1.807) is 30.3 Å². The van der Waals surface area contributed by atoms with Crippen LogP contribution in [0.15, 0.2) is 54.6 Å². The number of benzene rings is 2. The first-order valence-electron chi connectivity index (χ1n) is 10.7. The van der Waals surface area contributed by atoms with E-state index in [0.717, 1.165) is 12.0 Å². The third kappa shape index (κ3) is 3.72. The Morgan fingerprint density at radius 1 is 1.03 bits per heavy atom. The summed E-state index contributed by atoms with van der Waals surface area (Å²) in [5.41, 5.74) is 2.04. The number of hydrogen-bond acceptors (Lipinski definition) is 5. The molecule has 5 rings (SSSR count). The number of aryl methyl sites for hydroxylation is 1. The molecule has 2 fully saturated rings. The molecule has 3 aliphatic rings. The van der Waals surface area contributed by atoms with Gasteiger partial charge in [-0.05, 0) is 67.1 Å². The average Bonchev–Trinajstić information content (AvgIpc) is 3.48. The Balaban J connectivity index is 1.20. The van der Waals surface area contributed by atoms with Gasteiger partial charge < -0.3 is 10.1 Å². The van der Waals surface area contributed by atoms with Gasteiger partial charge in [0.15, 0.2) is 6.61 Å². The Hall–Kier alpha value is -3.45. The van der Waals surface area contributed by atoms with Crippen LogP contribution in [0.4, 0.5) is 11.4 Å². The van der Waals surface area contributed by atoms with E-state index in [4.69, 9.17) is 16.3 Å². The van der Waals surface area contributed by atoms with Crippen LogP contribution in [-0.2, 0) is 19.1 Å². The number of fused-ring (bicyclic) bond motifs is 5. The lowest BCUT2D eigenvalue weighted by Gasteiger charge is -2.17. The zero-order valence-corrected chi connectivity index (χ0v) is 18.5. The predicted octanol–water partition coefficient (Wildman–Crippen LogP) is 3.76. The van der Waals surface area contributed by atoms with Gasteiger partial charge in [0.2, 0.25) is 11.8 Å². The van der Waals surface area contributed by atoms with Crippen molar-refractivity contribution in [3.05, 3.63) is 70.8 Å². The SMILES string of the molecule is Cc1ccc(NC(=O)COC(=O)c2ccc(N3C(=O)[C@@H]4[C@@H](C3=O)[C@H]3C=C[C@H]4C3)cc2)cc1Cl. The maximum absolute atomic E-state index is 12.9. The zero-order valence-electron chi connectivity index (χ0n) is 17.8. The zero-order chi connectivity index (χ0) is 23.3. The number of nitrogens with one attached hydrogen (secondary N) is 1. The molecule has 2 aromatic rings. The van der Waals surface area contributed by atoms with Crippen LogP contribution in [-0.4, -0.2) is 30.3 Å². The Labute approximate surface area is 195 Å². The van der Waals surface area contributed by atoms with Crippen molar-refractivity contribution in [3.63, 3.8) is 0 Å². The van der Waals surface area contributed by atoms with Crippen LogP contribution < -0.4 is 10.2 Å². The minimum absolute atomic E-state index is 0.137. The summed E-state index contributed by atoms with van der Waals surface area (Å²) in [5.74, 6) is -1.82. The largest absolute Gasteiger partial charge is 0.452 e. The van der Waals surface area contributed by atoms with Crippen molar-refractivity contribution in [3.8, 4) is 0 Å². The summed E-state index contributed by atoms with van der Waals surface area (Å²) in [6, 6.07) is 11.2. The summed E-state index contributed by atoms with van der Waals surface area (Å²) < 4.78 is 5.08. The van der Waals surface area contributed by atoms with Crippen LogP contribution in [0.3, 0.4) is 0 Å². The number of halogens is 1.